The molecule has 0 amide bonds. The van der Waals surface area contributed by atoms with Crippen LogP contribution in [0, 0.1) is 6.92 Å². The zero-order valence-electron chi connectivity index (χ0n) is 10.4. The molecule has 4 heteroatoms. The van der Waals surface area contributed by atoms with Gasteiger partial charge in [-0.25, -0.2) is 4.98 Å². The molecule has 0 saturated heterocycles. The van der Waals surface area contributed by atoms with E-state index in [1.165, 1.54) is 16.9 Å². The molecule has 1 N–H and O–H groups in total. The number of hydrogen-bond donors (Lipinski definition) is 1. The first-order valence-electron chi connectivity index (χ1n) is 5.87. The summed E-state index contributed by atoms with van der Waals surface area (Å²) < 4.78 is 0. The average Bonchev–Trinajstić information content (AvgIpc) is 2.69. The van der Waals surface area contributed by atoms with Crippen LogP contribution in [0.5, 0.6) is 0 Å². The molecule has 3 nitrogen and oxygen atoms in total. The van der Waals surface area contributed by atoms with E-state index < -0.39 is 5.97 Å². The van der Waals surface area contributed by atoms with Gasteiger partial charge in [-0.2, -0.15) is 0 Å². The van der Waals surface area contributed by atoms with Crippen molar-refractivity contribution in [2.75, 3.05) is 0 Å². The highest BCUT2D eigenvalue weighted by atomic mass is 32.1. The molecule has 0 aliphatic heterocycles. The largest absolute Gasteiger partial charge is 0.481 e. The molecular formula is C14H15NO2S. The maximum absolute atomic E-state index is 10.7. The van der Waals surface area contributed by atoms with E-state index in [1.54, 1.807) is 0 Å². The Morgan fingerprint density at radius 3 is 2.56 bits per heavy atom. The molecule has 0 atom stereocenters. The molecule has 0 saturated carbocycles. The second kappa shape index (κ2) is 5.31. The van der Waals surface area contributed by atoms with Gasteiger partial charge in [-0.15, -0.1) is 11.3 Å². The summed E-state index contributed by atoms with van der Waals surface area (Å²) in [6.45, 7) is 4.04. The first kappa shape index (κ1) is 12.8. The molecule has 1 aromatic carbocycles. The monoisotopic (exact) mass is 261 g/mol. The van der Waals surface area contributed by atoms with Crippen LogP contribution in [0.2, 0.25) is 0 Å². The zero-order valence-corrected chi connectivity index (χ0v) is 11.3. The van der Waals surface area contributed by atoms with Gasteiger partial charge in [0.25, 0.3) is 0 Å². The van der Waals surface area contributed by atoms with E-state index in [0.717, 1.165) is 22.6 Å². The van der Waals surface area contributed by atoms with E-state index in [2.05, 4.69) is 36.2 Å². The number of aromatic nitrogens is 1. The topological polar surface area (TPSA) is 50.2 Å². The molecule has 0 radical (unpaired) electrons. The number of aliphatic carboxylic acids is 1. The first-order valence-corrected chi connectivity index (χ1v) is 6.69. The molecule has 2 rings (SSSR count). The maximum Gasteiger partial charge on any atom is 0.310 e. The van der Waals surface area contributed by atoms with E-state index in [4.69, 9.17) is 5.11 Å². The predicted octanol–water partition coefficient (Wildman–Crippen LogP) is 3.31. The Morgan fingerprint density at radius 1 is 1.33 bits per heavy atom. The van der Waals surface area contributed by atoms with Crippen molar-refractivity contribution in [1.82, 2.24) is 4.98 Å². The zero-order chi connectivity index (χ0) is 13.1. The molecule has 1 aromatic heterocycles. The molecule has 18 heavy (non-hydrogen) atoms. The highest BCUT2D eigenvalue weighted by molar-refractivity contribution is 7.15. The van der Waals surface area contributed by atoms with Crippen molar-refractivity contribution in [3.8, 4) is 10.4 Å². The molecule has 0 fully saturated rings. The first-order chi connectivity index (χ1) is 8.60. The van der Waals surface area contributed by atoms with Crippen LogP contribution in [0.4, 0.5) is 0 Å². The molecule has 0 spiro atoms. The molecule has 0 unspecified atom stereocenters. The van der Waals surface area contributed by atoms with Crippen LogP contribution < -0.4 is 0 Å². The van der Waals surface area contributed by atoms with Gasteiger partial charge in [-0.1, -0.05) is 31.2 Å². The van der Waals surface area contributed by atoms with Crippen molar-refractivity contribution in [2.45, 2.75) is 26.7 Å². The van der Waals surface area contributed by atoms with Gasteiger partial charge in [0.05, 0.1) is 17.0 Å². The fourth-order valence-corrected chi connectivity index (χ4v) is 2.88. The van der Waals surface area contributed by atoms with Gasteiger partial charge in [-0.05, 0) is 24.5 Å². The summed E-state index contributed by atoms with van der Waals surface area (Å²) in [5.41, 5.74) is 3.31. The third-order valence-corrected chi connectivity index (χ3v) is 3.97. The summed E-state index contributed by atoms with van der Waals surface area (Å²) in [4.78, 5) is 16.0. The minimum Gasteiger partial charge on any atom is -0.481 e. The number of hydrogen-bond acceptors (Lipinski definition) is 3. The summed E-state index contributed by atoms with van der Waals surface area (Å²) in [6, 6.07) is 8.35. The van der Waals surface area contributed by atoms with Crippen LogP contribution in [0.1, 0.15) is 23.2 Å². The van der Waals surface area contributed by atoms with Crippen LogP contribution in [-0.2, 0) is 17.6 Å². The number of thiazole rings is 1. The number of carboxylic acid groups (broad SMARTS) is 1. The van der Waals surface area contributed by atoms with E-state index in [0.29, 0.717) is 5.01 Å². The van der Waals surface area contributed by atoms with Crippen molar-refractivity contribution in [1.29, 1.82) is 0 Å². The standard InChI is InChI=1S/C14H15NO2S/c1-3-10-4-6-11(7-5-10)14-9(2)15-12(18-14)8-13(16)17/h4-7H,3,8H2,1-2H3,(H,16,17). The lowest BCUT2D eigenvalue weighted by Crippen LogP contribution is -1.98. The number of carboxylic acids is 1. The number of aryl methyl sites for hydroxylation is 2. The van der Waals surface area contributed by atoms with Crippen molar-refractivity contribution >= 4 is 17.3 Å². The lowest BCUT2D eigenvalue weighted by Gasteiger charge is -2.00. The highest BCUT2D eigenvalue weighted by Gasteiger charge is 2.11. The lowest BCUT2D eigenvalue weighted by atomic mass is 10.1. The number of rotatable bonds is 4. The summed E-state index contributed by atoms with van der Waals surface area (Å²) in [5, 5.41) is 9.43. The third-order valence-electron chi connectivity index (χ3n) is 2.77. The molecular weight excluding hydrogens is 246 g/mol. The number of carbonyl (C=O) groups is 1. The fourth-order valence-electron chi connectivity index (χ4n) is 1.82. The molecule has 2 aromatic rings. The average molecular weight is 261 g/mol. The molecule has 0 aliphatic carbocycles. The Morgan fingerprint density at radius 2 is 2.00 bits per heavy atom. The van der Waals surface area contributed by atoms with E-state index in [9.17, 15) is 4.79 Å². The van der Waals surface area contributed by atoms with Gasteiger partial charge in [0.2, 0.25) is 0 Å². The van der Waals surface area contributed by atoms with Crippen LogP contribution >= 0.6 is 11.3 Å². The summed E-state index contributed by atoms with van der Waals surface area (Å²) in [7, 11) is 0. The Hall–Kier alpha value is -1.68. The van der Waals surface area contributed by atoms with Crippen molar-refractivity contribution < 1.29 is 9.90 Å². The van der Waals surface area contributed by atoms with Crippen LogP contribution in [-0.4, -0.2) is 16.1 Å². The summed E-state index contributed by atoms with van der Waals surface area (Å²) in [6.07, 6.45) is 1.02. The quantitative estimate of drug-likeness (QED) is 0.918. The SMILES string of the molecule is CCc1ccc(-c2sc(CC(=O)O)nc2C)cc1. The van der Waals surface area contributed by atoms with Crippen molar-refractivity contribution in [3.63, 3.8) is 0 Å². The van der Waals surface area contributed by atoms with Crippen LogP contribution in [0.3, 0.4) is 0 Å². The highest BCUT2D eigenvalue weighted by Crippen LogP contribution is 2.30. The second-order valence-corrected chi connectivity index (χ2v) is 5.23. The number of benzene rings is 1. The Bertz CT molecular complexity index is 558. The van der Waals surface area contributed by atoms with Gasteiger partial charge < -0.3 is 5.11 Å². The Balaban J connectivity index is 2.31. The van der Waals surface area contributed by atoms with Gasteiger partial charge in [0.15, 0.2) is 0 Å². The van der Waals surface area contributed by atoms with E-state index in [1.807, 2.05) is 6.92 Å². The van der Waals surface area contributed by atoms with Gasteiger partial charge >= 0.3 is 5.97 Å². The fraction of sp³-hybridized carbons (Fsp3) is 0.286. The van der Waals surface area contributed by atoms with Gasteiger partial charge in [0, 0.05) is 0 Å². The van der Waals surface area contributed by atoms with E-state index in [-0.39, 0.29) is 6.42 Å². The number of nitrogens with zero attached hydrogens (tertiary/aromatic N) is 1. The summed E-state index contributed by atoms with van der Waals surface area (Å²) in [5.74, 6) is -0.836. The van der Waals surface area contributed by atoms with Gasteiger partial charge in [0.1, 0.15) is 5.01 Å². The summed E-state index contributed by atoms with van der Waals surface area (Å²) >= 11 is 1.46. The second-order valence-electron chi connectivity index (χ2n) is 4.14. The van der Waals surface area contributed by atoms with Gasteiger partial charge in [-0.3, -0.25) is 4.79 Å². The van der Waals surface area contributed by atoms with Crippen molar-refractivity contribution in [2.24, 2.45) is 0 Å². The van der Waals surface area contributed by atoms with Crippen molar-refractivity contribution in [3.05, 3.63) is 40.5 Å². The van der Waals surface area contributed by atoms with E-state index >= 15 is 0 Å². The Kier molecular flexibility index (Phi) is 3.77. The smallest absolute Gasteiger partial charge is 0.310 e. The van der Waals surface area contributed by atoms with Crippen LogP contribution in [0.25, 0.3) is 10.4 Å². The normalized spacial score (nSPS) is 10.6. The molecule has 94 valence electrons. The maximum atomic E-state index is 10.7. The molecule has 0 aliphatic rings. The molecule has 1 heterocycles. The molecule has 0 bridgehead atoms. The lowest BCUT2D eigenvalue weighted by molar-refractivity contribution is -0.136. The minimum atomic E-state index is -0.836. The minimum absolute atomic E-state index is 0.00144. The third kappa shape index (κ3) is 2.76. The Labute approximate surface area is 110 Å². The van der Waals surface area contributed by atoms with Crippen LogP contribution in [0.15, 0.2) is 24.3 Å². The predicted molar refractivity (Wildman–Crippen MR) is 73.0 cm³/mol.